The van der Waals surface area contributed by atoms with E-state index in [9.17, 15) is 9.18 Å². The summed E-state index contributed by atoms with van der Waals surface area (Å²) in [5.41, 5.74) is 2.78. The summed E-state index contributed by atoms with van der Waals surface area (Å²) in [5, 5.41) is 11.2. The van der Waals surface area contributed by atoms with Crippen molar-refractivity contribution < 1.29 is 13.6 Å². The topological polar surface area (TPSA) is 68.0 Å². The van der Waals surface area contributed by atoms with Gasteiger partial charge in [0.2, 0.25) is 11.8 Å². The van der Waals surface area contributed by atoms with Crippen LogP contribution in [-0.2, 0) is 4.79 Å². The molecule has 0 saturated heterocycles. The number of amides is 1. The highest BCUT2D eigenvalue weighted by Crippen LogP contribution is 2.23. The van der Waals surface area contributed by atoms with Crippen LogP contribution in [0.2, 0.25) is 0 Å². The minimum atomic E-state index is -0.302. The fourth-order valence-corrected chi connectivity index (χ4v) is 2.98. The Balaban J connectivity index is 1.54. The minimum absolute atomic E-state index is 0.154. The van der Waals surface area contributed by atoms with Gasteiger partial charge in [-0.2, -0.15) is 0 Å². The normalized spacial score (nSPS) is 12.0. The molecular weight excluding hydrogens is 353 g/mol. The number of carbonyl (C=O) groups excluding carboxylic acids is 1. The first-order chi connectivity index (χ1) is 12.5. The van der Waals surface area contributed by atoms with Crippen LogP contribution in [0.1, 0.15) is 24.1 Å². The Labute approximate surface area is 155 Å². The van der Waals surface area contributed by atoms with Crippen molar-refractivity contribution in [2.45, 2.75) is 25.1 Å². The molecule has 5 nitrogen and oxygen atoms in total. The minimum Gasteiger partial charge on any atom is -0.411 e. The summed E-state index contributed by atoms with van der Waals surface area (Å²) >= 11 is 1.18. The Morgan fingerprint density at radius 1 is 1.23 bits per heavy atom. The quantitative estimate of drug-likeness (QED) is 0.659. The average molecular weight is 371 g/mol. The number of benzene rings is 2. The number of rotatable bonds is 6. The van der Waals surface area contributed by atoms with Crippen LogP contribution in [0.4, 0.5) is 4.39 Å². The smallest absolute Gasteiger partial charge is 0.277 e. The summed E-state index contributed by atoms with van der Waals surface area (Å²) < 4.78 is 18.6. The van der Waals surface area contributed by atoms with Crippen LogP contribution in [0.25, 0.3) is 11.5 Å². The Bertz CT molecular complexity index is 896. The third-order valence-electron chi connectivity index (χ3n) is 3.75. The number of hydrogen-bond donors (Lipinski definition) is 1. The van der Waals surface area contributed by atoms with Crippen molar-refractivity contribution in [1.29, 1.82) is 0 Å². The van der Waals surface area contributed by atoms with Crippen LogP contribution < -0.4 is 5.32 Å². The maximum Gasteiger partial charge on any atom is 0.277 e. The molecule has 1 amide bonds. The number of nitrogens with one attached hydrogen (secondary N) is 1. The first kappa shape index (κ1) is 18.1. The molecule has 0 spiro atoms. The molecule has 0 bridgehead atoms. The van der Waals surface area contributed by atoms with Gasteiger partial charge in [0.1, 0.15) is 5.82 Å². The third-order valence-corrected chi connectivity index (χ3v) is 4.56. The van der Waals surface area contributed by atoms with Gasteiger partial charge in [0, 0.05) is 5.56 Å². The Kier molecular flexibility index (Phi) is 5.68. The van der Waals surface area contributed by atoms with Gasteiger partial charge in [-0.1, -0.05) is 41.6 Å². The molecule has 0 aliphatic rings. The molecule has 26 heavy (non-hydrogen) atoms. The zero-order valence-electron chi connectivity index (χ0n) is 14.4. The van der Waals surface area contributed by atoms with E-state index < -0.39 is 0 Å². The second-order valence-corrected chi connectivity index (χ2v) is 6.80. The molecule has 3 aromatic rings. The van der Waals surface area contributed by atoms with Crippen LogP contribution >= 0.6 is 11.8 Å². The largest absolute Gasteiger partial charge is 0.411 e. The summed E-state index contributed by atoms with van der Waals surface area (Å²) in [5.74, 6) is 0.114. The number of thioether (sulfide) groups is 1. The first-order valence-electron chi connectivity index (χ1n) is 8.09. The van der Waals surface area contributed by atoms with E-state index in [-0.39, 0.29) is 23.5 Å². The maximum absolute atomic E-state index is 13.0. The van der Waals surface area contributed by atoms with E-state index in [2.05, 4.69) is 15.5 Å². The third kappa shape index (κ3) is 4.70. The van der Waals surface area contributed by atoms with Gasteiger partial charge in [0.25, 0.3) is 5.22 Å². The summed E-state index contributed by atoms with van der Waals surface area (Å²) in [6.45, 7) is 3.83. The van der Waals surface area contributed by atoms with Crippen molar-refractivity contribution in [2.75, 3.05) is 5.75 Å². The number of halogens is 1. The van der Waals surface area contributed by atoms with E-state index in [1.807, 2.05) is 38.1 Å². The highest BCUT2D eigenvalue weighted by molar-refractivity contribution is 7.99. The molecule has 0 fully saturated rings. The van der Waals surface area contributed by atoms with Gasteiger partial charge in [-0.05, 0) is 43.7 Å². The van der Waals surface area contributed by atoms with Gasteiger partial charge < -0.3 is 9.73 Å². The van der Waals surface area contributed by atoms with Crippen molar-refractivity contribution >= 4 is 17.7 Å². The van der Waals surface area contributed by atoms with Crippen molar-refractivity contribution in [3.63, 3.8) is 0 Å². The fraction of sp³-hybridized carbons (Fsp3) is 0.211. The lowest BCUT2D eigenvalue weighted by molar-refractivity contribution is -0.119. The first-order valence-corrected chi connectivity index (χ1v) is 9.08. The molecule has 3 rings (SSSR count). The predicted octanol–water partition coefficient (Wildman–Crippen LogP) is 4.15. The monoisotopic (exact) mass is 371 g/mol. The van der Waals surface area contributed by atoms with Crippen LogP contribution in [0, 0.1) is 12.7 Å². The molecule has 1 aromatic heterocycles. The average Bonchev–Trinajstić information content (AvgIpc) is 3.09. The Hall–Kier alpha value is -2.67. The molecular formula is C19H18FN3O2S. The number of aromatic nitrogens is 2. The molecule has 7 heteroatoms. The van der Waals surface area contributed by atoms with E-state index >= 15 is 0 Å². The van der Waals surface area contributed by atoms with Gasteiger partial charge in [-0.3, -0.25) is 4.79 Å². The van der Waals surface area contributed by atoms with E-state index in [1.165, 1.54) is 23.9 Å². The summed E-state index contributed by atoms with van der Waals surface area (Å²) in [6, 6.07) is 13.6. The summed E-state index contributed by atoms with van der Waals surface area (Å²) in [4.78, 5) is 12.1. The van der Waals surface area contributed by atoms with E-state index in [0.717, 1.165) is 16.7 Å². The molecule has 134 valence electrons. The summed E-state index contributed by atoms with van der Waals surface area (Å²) in [7, 11) is 0. The lowest BCUT2D eigenvalue weighted by atomic mass is 10.1. The van der Waals surface area contributed by atoms with E-state index in [0.29, 0.717) is 11.1 Å². The molecule has 1 N–H and O–H groups in total. The molecule has 0 aliphatic heterocycles. The number of hydrogen-bond acceptors (Lipinski definition) is 5. The molecule has 0 aliphatic carbocycles. The lowest BCUT2D eigenvalue weighted by Crippen LogP contribution is -2.28. The zero-order chi connectivity index (χ0) is 18.5. The van der Waals surface area contributed by atoms with Crippen molar-refractivity contribution in [3.05, 3.63) is 65.5 Å². The Morgan fingerprint density at radius 2 is 2.00 bits per heavy atom. The SMILES string of the molecule is Cc1cccc(-c2nnc(SCC(=O)N[C@@H](C)c3ccc(F)cc3)o2)c1. The number of aryl methyl sites for hydroxylation is 1. The van der Waals surface area contributed by atoms with E-state index in [1.54, 1.807) is 12.1 Å². The Morgan fingerprint density at radius 3 is 2.73 bits per heavy atom. The lowest BCUT2D eigenvalue weighted by Gasteiger charge is -2.13. The van der Waals surface area contributed by atoms with Gasteiger partial charge in [-0.25, -0.2) is 4.39 Å². The van der Waals surface area contributed by atoms with Gasteiger partial charge in [-0.15, -0.1) is 10.2 Å². The van der Waals surface area contributed by atoms with Gasteiger partial charge in [0.05, 0.1) is 11.8 Å². The molecule has 0 radical (unpaired) electrons. The standard InChI is InChI=1S/C19H18FN3O2S/c1-12-4-3-5-15(10-12)18-22-23-19(25-18)26-11-17(24)21-13(2)14-6-8-16(20)9-7-14/h3-10,13H,11H2,1-2H3,(H,21,24)/t13-/m0/s1. The van der Waals surface area contributed by atoms with Crippen LogP contribution in [0.3, 0.4) is 0 Å². The van der Waals surface area contributed by atoms with Gasteiger partial charge >= 0.3 is 0 Å². The van der Waals surface area contributed by atoms with Crippen LogP contribution in [-0.4, -0.2) is 21.9 Å². The van der Waals surface area contributed by atoms with Crippen molar-refractivity contribution in [1.82, 2.24) is 15.5 Å². The highest BCUT2D eigenvalue weighted by Gasteiger charge is 2.13. The fourth-order valence-electron chi connectivity index (χ4n) is 2.41. The molecule has 0 unspecified atom stereocenters. The van der Waals surface area contributed by atoms with Crippen molar-refractivity contribution in [2.24, 2.45) is 0 Å². The zero-order valence-corrected chi connectivity index (χ0v) is 15.2. The number of nitrogens with zero attached hydrogens (tertiary/aromatic N) is 2. The molecule has 2 aromatic carbocycles. The number of carbonyl (C=O) groups is 1. The summed E-state index contributed by atoms with van der Waals surface area (Å²) in [6.07, 6.45) is 0. The highest BCUT2D eigenvalue weighted by atomic mass is 32.2. The predicted molar refractivity (Wildman–Crippen MR) is 98.2 cm³/mol. The second kappa shape index (κ2) is 8.14. The molecule has 0 saturated carbocycles. The molecule has 1 atom stereocenters. The van der Waals surface area contributed by atoms with E-state index in [4.69, 9.17) is 4.42 Å². The van der Waals surface area contributed by atoms with Crippen molar-refractivity contribution in [3.8, 4) is 11.5 Å². The van der Waals surface area contributed by atoms with Crippen LogP contribution in [0.5, 0.6) is 0 Å². The van der Waals surface area contributed by atoms with Gasteiger partial charge in [0.15, 0.2) is 0 Å². The maximum atomic E-state index is 13.0. The van der Waals surface area contributed by atoms with Crippen LogP contribution in [0.15, 0.2) is 58.2 Å². The molecule has 1 heterocycles. The second-order valence-electron chi connectivity index (χ2n) is 5.87.